The maximum Gasteiger partial charge on any atom is 0.244 e. The van der Waals surface area contributed by atoms with Crippen LogP contribution >= 0.6 is 0 Å². The van der Waals surface area contributed by atoms with Crippen LogP contribution in [0.1, 0.15) is 12.5 Å². The number of nitrogens with one attached hydrogen (secondary N) is 1. The minimum absolute atomic E-state index is 0.159. The Bertz CT molecular complexity index is 705. The van der Waals surface area contributed by atoms with Crippen molar-refractivity contribution in [2.45, 2.75) is 12.2 Å². The summed E-state index contributed by atoms with van der Waals surface area (Å²) in [6.07, 6.45) is 0. The predicted octanol–water partition coefficient (Wildman–Crippen LogP) is 0.843. The third-order valence-electron chi connectivity index (χ3n) is 3.15. The van der Waals surface area contributed by atoms with E-state index >= 15 is 0 Å². The molecule has 0 aliphatic carbocycles. The summed E-state index contributed by atoms with van der Waals surface area (Å²) >= 11 is 0. The van der Waals surface area contributed by atoms with Crippen LogP contribution in [0.25, 0.3) is 0 Å². The first-order chi connectivity index (χ1) is 10.1. The van der Waals surface area contributed by atoms with Gasteiger partial charge in [-0.05, 0) is 25.1 Å². The maximum atomic E-state index is 12.3. The van der Waals surface area contributed by atoms with Crippen LogP contribution in [0.3, 0.4) is 0 Å². The summed E-state index contributed by atoms with van der Waals surface area (Å²) in [6, 6.07) is 6.74. The molecule has 0 aliphatic heterocycles. The lowest BCUT2D eigenvalue weighted by Crippen LogP contribution is -2.39. The molecular formula is C14H20N4O3S. The number of nitriles is 1. The first-order valence-electron chi connectivity index (χ1n) is 6.54. The van der Waals surface area contributed by atoms with Crippen molar-refractivity contribution in [3.8, 4) is 6.07 Å². The van der Waals surface area contributed by atoms with Gasteiger partial charge < -0.3 is 9.80 Å². The fourth-order valence-electron chi connectivity index (χ4n) is 1.73. The number of carbonyl (C=O) groups is 1. The Morgan fingerprint density at radius 3 is 2.32 bits per heavy atom. The van der Waals surface area contributed by atoms with Crippen LogP contribution in [0.15, 0.2) is 18.2 Å². The fourth-order valence-corrected chi connectivity index (χ4v) is 2.86. The van der Waals surface area contributed by atoms with Gasteiger partial charge in [-0.3, -0.25) is 9.52 Å². The van der Waals surface area contributed by atoms with E-state index in [0.717, 1.165) is 5.69 Å². The monoisotopic (exact) mass is 324 g/mol. The second kappa shape index (κ2) is 6.66. The zero-order chi connectivity index (χ0) is 17.1. The zero-order valence-corrected chi connectivity index (χ0v) is 14.1. The average Bonchev–Trinajstić information content (AvgIpc) is 2.44. The number of carbonyl (C=O) groups excluding carboxylic acids is 1. The van der Waals surface area contributed by atoms with E-state index in [-0.39, 0.29) is 11.3 Å². The molecule has 7 nitrogen and oxygen atoms in total. The molecule has 0 radical (unpaired) electrons. The standard InChI is InChI=1S/C14H20N4O3S/c1-10(14(19)18(4)5)22(20,21)16-13-8-12(17(2)3)7-6-11(13)9-15/h6-8,10,16H,1-5H3/t10-/m0/s1. The van der Waals surface area contributed by atoms with E-state index in [1.165, 1.54) is 32.0 Å². The Morgan fingerprint density at radius 1 is 1.27 bits per heavy atom. The van der Waals surface area contributed by atoms with Crippen molar-refractivity contribution in [2.24, 2.45) is 0 Å². The van der Waals surface area contributed by atoms with Gasteiger partial charge in [0, 0.05) is 33.9 Å². The Labute approximate surface area is 131 Å². The molecular weight excluding hydrogens is 304 g/mol. The molecule has 0 aromatic heterocycles. The van der Waals surface area contributed by atoms with E-state index in [1.54, 1.807) is 31.1 Å². The summed E-state index contributed by atoms with van der Waals surface area (Å²) in [4.78, 5) is 14.8. The molecule has 1 amide bonds. The van der Waals surface area contributed by atoms with Crippen molar-refractivity contribution in [3.05, 3.63) is 23.8 Å². The molecule has 0 bridgehead atoms. The van der Waals surface area contributed by atoms with Crippen LogP contribution in [-0.4, -0.2) is 52.7 Å². The van der Waals surface area contributed by atoms with Crippen molar-refractivity contribution < 1.29 is 13.2 Å². The summed E-state index contributed by atoms with van der Waals surface area (Å²) < 4.78 is 27.0. The van der Waals surface area contributed by atoms with Crippen molar-refractivity contribution in [1.29, 1.82) is 5.26 Å². The topological polar surface area (TPSA) is 93.5 Å². The highest BCUT2D eigenvalue weighted by Crippen LogP contribution is 2.24. The molecule has 0 saturated heterocycles. The van der Waals surface area contributed by atoms with Crippen LogP contribution in [0, 0.1) is 11.3 Å². The first kappa shape index (κ1) is 17.8. The SMILES string of the molecule is C[C@@H](C(=O)N(C)C)S(=O)(=O)Nc1cc(N(C)C)ccc1C#N. The summed E-state index contributed by atoms with van der Waals surface area (Å²) in [5, 5.41) is 7.85. The Kier molecular flexibility index (Phi) is 5.38. The zero-order valence-electron chi connectivity index (χ0n) is 13.3. The smallest absolute Gasteiger partial charge is 0.244 e. The molecule has 120 valence electrons. The molecule has 1 aromatic rings. The number of hydrogen-bond acceptors (Lipinski definition) is 5. The van der Waals surface area contributed by atoms with E-state index in [4.69, 9.17) is 5.26 Å². The van der Waals surface area contributed by atoms with E-state index in [1.807, 2.05) is 6.07 Å². The normalized spacial score (nSPS) is 12.2. The third kappa shape index (κ3) is 3.89. The second-order valence-electron chi connectivity index (χ2n) is 5.26. The van der Waals surface area contributed by atoms with Crippen LogP contribution in [-0.2, 0) is 14.8 Å². The number of benzene rings is 1. The number of sulfonamides is 1. The molecule has 1 rings (SSSR count). The minimum Gasteiger partial charge on any atom is -0.378 e. The first-order valence-corrected chi connectivity index (χ1v) is 8.09. The van der Waals surface area contributed by atoms with Gasteiger partial charge in [0.2, 0.25) is 15.9 Å². The van der Waals surface area contributed by atoms with Gasteiger partial charge in [0.25, 0.3) is 0 Å². The molecule has 22 heavy (non-hydrogen) atoms. The van der Waals surface area contributed by atoms with Crippen LogP contribution in [0.4, 0.5) is 11.4 Å². The second-order valence-corrected chi connectivity index (χ2v) is 7.26. The Morgan fingerprint density at radius 2 is 1.86 bits per heavy atom. The van der Waals surface area contributed by atoms with Gasteiger partial charge in [0.05, 0.1) is 11.3 Å². The number of hydrogen-bond donors (Lipinski definition) is 1. The van der Waals surface area contributed by atoms with Crippen molar-refractivity contribution in [1.82, 2.24) is 4.90 Å². The number of anilines is 2. The summed E-state index contributed by atoms with van der Waals surface area (Å²) in [6.45, 7) is 1.31. The summed E-state index contributed by atoms with van der Waals surface area (Å²) in [7, 11) is 2.64. The highest BCUT2D eigenvalue weighted by atomic mass is 32.2. The summed E-state index contributed by atoms with van der Waals surface area (Å²) in [5.74, 6) is -0.533. The van der Waals surface area contributed by atoms with Crippen molar-refractivity contribution in [2.75, 3.05) is 37.8 Å². The molecule has 1 atom stereocenters. The largest absolute Gasteiger partial charge is 0.378 e. The van der Waals surface area contributed by atoms with E-state index < -0.39 is 21.2 Å². The minimum atomic E-state index is -3.94. The number of amides is 1. The molecule has 1 aromatic carbocycles. The average molecular weight is 324 g/mol. The van der Waals surface area contributed by atoms with Gasteiger partial charge in [-0.25, -0.2) is 8.42 Å². The molecule has 8 heteroatoms. The van der Waals surface area contributed by atoms with Crippen LogP contribution < -0.4 is 9.62 Å². The number of rotatable bonds is 5. The molecule has 0 aliphatic rings. The van der Waals surface area contributed by atoms with E-state index in [2.05, 4.69) is 4.72 Å². The highest BCUT2D eigenvalue weighted by molar-refractivity contribution is 7.94. The van der Waals surface area contributed by atoms with Gasteiger partial charge in [-0.1, -0.05) is 0 Å². The quantitative estimate of drug-likeness (QED) is 0.866. The molecule has 0 unspecified atom stereocenters. The van der Waals surface area contributed by atoms with Gasteiger partial charge in [-0.15, -0.1) is 0 Å². The third-order valence-corrected chi connectivity index (χ3v) is 4.78. The maximum absolute atomic E-state index is 12.3. The Hall–Kier alpha value is -2.27. The Balaban J connectivity index is 3.20. The van der Waals surface area contributed by atoms with Gasteiger partial charge in [0.1, 0.15) is 6.07 Å². The number of nitrogens with zero attached hydrogens (tertiary/aromatic N) is 3. The predicted molar refractivity (Wildman–Crippen MR) is 86.2 cm³/mol. The summed E-state index contributed by atoms with van der Waals surface area (Å²) in [5.41, 5.74) is 1.09. The molecule has 0 spiro atoms. The van der Waals surface area contributed by atoms with Gasteiger partial charge >= 0.3 is 0 Å². The molecule has 0 saturated carbocycles. The lowest BCUT2D eigenvalue weighted by Gasteiger charge is -2.20. The molecule has 0 heterocycles. The van der Waals surface area contributed by atoms with E-state index in [0.29, 0.717) is 0 Å². The fraction of sp³-hybridized carbons (Fsp3) is 0.429. The molecule has 1 N–H and O–H groups in total. The van der Waals surface area contributed by atoms with Crippen molar-refractivity contribution in [3.63, 3.8) is 0 Å². The lowest BCUT2D eigenvalue weighted by atomic mass is 10.2. The van der Waals surface area contributed by atoms with Crippen LogP contribution in [0.2, 0.25) is 0 Å². The van der Waals surface area contributed by atoms with Crippen molar-refractivity contribution >= 4 is 27.3 Å². The van der Waals surface area contributed by atoms with Crippen LogP contribution in [0.5, 0.6) is 0 Å². The molecule has 0 fully saturated rings. The lowest BCUT2D eigenvalue weighted by molar-refractivity contribution is -0.127. The van der Waals surface area contributed by atoms with E-state index in [9.17, 15) is 13.2 Å². The van der Waals surface area contributed by atoms with Gasteiger partial charge in [-0.2, -0.15) is 5.26 Å². The highest BCUT2D eigenvalue weighted by Gasteiger charge is 2.29. The van der Waals surface area contributed by atoms with Gasteiger partial charge in [0.15, 0.2) is 5.25 Å².